The average Bonchev–Trinajstić information content (AvgIpc) is 2.97. The SMILES string of the molecule is CCNC(=NCCCCSC)NC(C)c1nc(C)c(C(=O)OCC)s1. The lowest BCUT2D eigenvalue weighted by Crippen LogP contribution is -2.38. The number of guanidine groups is 1. The van der Waals surface area contributed by atoms with Crippen molar-refractivity contribution in [3.8, 4) is 0 Å². The number of aliphatic imine (C=N–C) groups is 1. The van der Waals surface area contributed by atoms with Gasteiger partial charge in [-0.25, -0.2) is 9.78 Å². The van der Waals surface area contributed by atoms with E-state index in [-0.39, 0.29) is 12.0 Å². The van der Waals surface area contributed by atoms with E-state index in [9.17, 15) is 4.79 Å². The number of rotatable bonds is 10. The molecule has 1 atom stereocenters. The number of aryl methyl sites for hydroxylation is 1. The minimum atomic E-state index is -0.301. The molecule has 0 aliphatic carbocycles. The zero-order valence-corrected chi connectivity index (χ0v) is 17.5. The number of ether oxygens (including phenoxy) is 1. The molecule has 25 heavy (non-hydrogen) atoms. The molecule has 0 saturated carbocycles. The van der Waals surface area contributed by atoms with E-state index < -0.39 is 0 Å². The summed E-state index contributed by atoms with van der Waals surface area (Å²) in [6, 6.07) is -0.0316. The van der Waals surface area contributed by atoms with Crippen molar-refractivity contribution in [2.24, 2.45) is 4.99 Å². The number of unbranched alkanes of at least 4 members (excludes halogenated alkanes) is 1. The van der Waals surface area contributed by atoms with Crippen LogP contribution in [0.25, 0.3) is 0 Å². The lowest BCUT2D eigenvalue weighted by molar-refractivity contribution is 0.0531. The number of nitrogens with zero attached hydrogens (tertiary/aromatic N) is 2. The number of carbonyl (C=O) groups excluding carboxylic acids is 1. The molecule has 1 unspecified atom stereocenters. The zero-order valence-electron chi connectivity index (χ0n) is 15.8. The zero-order chi connectivity index (χ0) is 18.7. The molecule has 1 aromatic heterocycles. The van der Waals surface area contributed by atoms with Crippen LogP contribution in [0.5, 0.6) is 0 Å². The van der Waals surface area contributed by atoms with Crippen molar-refractivity contribution in [2.45, 2.75) is 46.6 Å². The van der Waals surface area contributed by atoms with Gasteiger partial charge < -0.3 is 15.4 Å². The first-order valence-corrected chi connectivity index (χ1v) is 10.9. The van der Waals surface area contributed by atoms with Crippen LogP contribution in [0.2, 0.25) is 0 Å². The third-order valence-corrected chi connectivity index (χ3v) is 5.39. The fourth-order valence-corrected chi connectivity index (χ4v) is 3.58. The van der Waals surface area contributed by atoms with Gasteiger partial charge in [-0.2, -0.15) is 11.8 Å². The topological polar surface area (TPSA) is 75.6 Å². The van der Waals surface area contributed by atoms with Crippen LogP contribution >= 0.6 is 23.1 Å². The second kappa shape index (κ2) is 12.1. The monoisotopic (exact) mass is 386 g/mol. The number of hydrogen-bond acceptors (Lipinski definition) is 6. The van der Waals surface area contributed by atoms with E-state index >= 15 is 0 Å². The van der Waals surface area contributed by atoms with Crippen molar-refractivity contribution in [1.29, 1.82) is 0 Å². The maximum atomic E-state index is 11.9. The molecule has 1 rings (SSSR count). The Balaban J connectivity index is 2.70. The Morgan fingerprint density at radius 1 is 1.40 bits per heavy atom. The smallest absolute Gasteiger partial charge is 0.350 e. The van der Waals surface area contributed by atoms with E-state index in [2.05, 4.69) is 26.9 Å². The van der Waals surface area contributed by atoms with Crippen LogP contribution in [-0.2, 0) is 4.74 Å². The molecule has 0 aliphatic rings. The summed E-state index contributed by atoms with van der Waals surface area (Å²) in [5.74, 6) is 1.65. The minimum absolute atomic E-state index is 0.0316. The average molecular weight is 387 g/mol. The highest BCUT2D eigenvalue weighted by Gasteiger charge is 2.20. The predicted octanol–water partition coefficient (Wildman–Crippen LogP) is 3.39. The summed E-state index contributed by atoms with van der Waals surface area (Å²) in [4.78, 5) is 21.6. The third kappa shape index (κ3) is 7.64. The van der Waals surface area contributed by atoms with Crippen LogP contribution in [0.1, 0.15) is 60.0 Å². The molecule has 0 bridgehead atoms. The minimum Gasteiger partial charge on any atom is -0.462 e. The molecule has 0 saturated heterocycles. The van der Waals surface area contributed by atoms with Crippen molar-refractivity contribution in [3.05, 3.63) is 15.6 Å². The molecule has 0 amide bonds. The number of carbonyl (C=O) groups is 1. The molecule has 1 heterocycles. The van der Waals surface area contributed by atoms with Gasteiger partial charge in [-0.3, -0.25) is 4.99 Å². The summed E-state index contributed by atoms with van der Waals surface area (Å²) >= 11 is 3.24. The van der Waals surface area contributed by atoms with Crippen LogP contribution in [-0.4, -0.2) is 48.6 Å². The Morgan fingerprint density at radius 3 is 2.80 bits per heavy atom. The van der Waals surface area contributed by atoms with Crippen molar-refractivity contribution in [3.63, 3.8) is 0 Å². The van der Waals surface area contributed by atoms with E-state index in [0.29, 0.717) is 17.2 Å². The molecule has 8 heteroatoms. The Bertz CT molecular complexity index is 561. The van der Waals surface area contributed by atoms with Crippen LogP contribution in [0, 0.1) is 6.92 Å². The Labute approximate surface area is 159 Å². The first-order chi connectivity index (χ1) is 12.0. The standard InChI is InChI=1S/C17H30N4O2S2/c1-6-18-17(19-10-8-9-11-24-5)21-13(4)15-20-12(3)14(25-15)16(22)23-7-2/h13H,6-11H2,1-5H3,(H2,18,19,21). The van der Waals surface area contributed by atoms with Gasteiger partial charge in [0.2, 0.25) is 0 Å². The molecule has 0 aliphatic heterocycles. The van der Waals surface area contributed by atoms with E-state index in [1.807, 2.05) is 32.5 Å². The molecule has 1 aromatic rings. The number of thiazole rings is 1. The predicted molar refractivity (Wildman–Crippen MR) is 108 cm³/mol. The first kappa shape index (κ1) is 21.8. The van der Waals surface area contributed by atoms with Crippen molar-refractivity contribution >= 4 is 35.0 Å². The summed E-state index contributed by atoms with van der Waals surface area (Å²) in [5, 5.41) is 7.48. The summed E-state index contributed by atoms with van der Waals surface area (Å²) < 4.78 is 5.08. The van der Waals surface area contributed by atoms with E-state index in [0.717, 1.165) is 30.5 Å². The van der Waals surface area contributed by atoms with Gasteiger partial charge in [-0.1, -0.05) is 0 Å². The van der Waals surface area contributed by atoms with E-state index in [1.54, 1.807) is 6.92 Å². The van der Waals surface area contributed by atoms with Crippen LogP contribution in [0.15, 0.2) is 4.99 Å². The molecule has 0 aromatic carbocycles. The third-order valence-electron chi connectivity index (χ3n) is 3.37. The number of thioether (sulfide) groups is 1. The second-order valence-corrected chi connectivity index (χ2v) is 7.53. The van der Waals surface area contributed by atoms with Gasteiger partial charge in [0, 0.05) is 13.1 Å². The lowest BCUT2D eigenvalue weighted by atomic mass is 10.3. The van der Waals surface area contributed by atoms with Crippen LogP contribution in [0.3, 0.4) is 0 Å². The molecule has 0 radical (unpaired) electrons. The maximum absolute atomic E-state index is 11.9. The van der Waals surface area contributed by atoms with Gasteiger partial charge >= 0.3 is 5.97 Å². The molecular formula is C17H30N4O2S2. The van der Waals surface area contributed by atoms with Crippen LogP contribution < -0.4 is 10.6 Å². The van der Waals surface area contributed by atoms with Gasteiger partial charge in [0.15, 0.2) is 5.96 Å². The highest BCUT2D eigenvalue weighted by Crippen LogP contribution is 2.24. The van der Waals surface area contributed by atoms with Crippen molar-refractivity contribution in [1.82, 2.24) is 15.6 Å². The quantitative estimate of drug-likeness (QED) is 0.278. The Hall–Kier alpha value is -1.28. The van der Waals surface area contributed by atoms with Crippen molar-refractivity contribution in [2.75, 3.05) is 31.7 Å². The van der Waals surface area contributed by atoms with Gasteiger partial charge in [0.1, 0.15) is 9.88 Å². The molecule has 0 fully saturated rings. The highest BCUT2D eigenvalue weighted by molar-refractivity contribution is 7.98. The fraction of sp³-hybridized carbons (Fsp3) is 0.706. The fourth-order valence-electron chi connectivity index (χ4n) is 2.12. The van der Waals surface area contributed by atoms with Crippen LogP contribution in [0.4, 0.5) is 0 Å². The summed E-state index contributed by atoms with van der Waals surface area (Å²) in [7, 11) is 0. The molecule has 2 N–H and O–H groups in total. The maximum Gasteiger partial charge on any atom is 0.350 e. The molecule has 142 valence electrons. The van der Waals surface area contributed by atoms with Gasteiger partial charge in [0.05, 0.1) is 18.3 Å². The van der Waals surface area contributed by atoms with E-state index in [4.69, 9.17) is 4.74 Å². The molecule has 6 nitrogen and oxygen atoms in total. The Kier molecular flexibility index (Phi) is 10.6. The number of esters is 1. The summed E-state index contributed by atoms with van der Waals surface area (Å²) in [6.45, 7) is 9.67. The number of nitrogens with one attached hydrogen (secondary N) is 2. The summed E-state index contributed by atoms with van der Waals surface area (Å²) in [5.41, 5.74) is 0.714. The largest absolute Gasteiger partial charge is 0.462 e. The van der Waals surface area contributed by atoms with E-state index in [1.165, 1.54) is 23.5 Å². The normalized spacial score (nSPS) is 12.8. The number of aromatic nitrogens is 1. The highest BCUT2D eigenvalue weighted by atomic mass is 32.2. The van der Waals surface area contributed by atoms with Crippen molar-refractivity contribution < 1.29 is 9.53 Å². The first-order valence-electron chi connectivity index (χ1n) is 8.71. The second-order valence-electron chi connectivity index (χ2n) is 5.51. The molecular weight excluding hydrogens is 356 g/mol. The van der Waals surface area contributed by atoms with Gasteiger partial charge in [0.25, 0.3) is 0 Å². The molecule has 0 spiro atoms. The van der Waals surface area contributed by atoms with Gasteiger partial charge in [-0.05, 0) is 52.5 Å². The summed E-state index contributed by atoms with van der Waals surface area (Å²) in [6.07, 6.45) is 4.38. The Morgan fingerprint density at radius 2 is 2.16 bits per heavy atom. The number of hydrogen-bond donors (Lipinski definition) is 2. The van der Waals surface area contributed by atoms with Gasteiger partial charge in [-0.15, -0.1) is 11.3 Å². The lowest BCUT2D eigenvalue weighted by Gasteiger charge is -2.16.